The molecule has 17 heteroatoms. The van der Waals surface area contributed by atoms with Crippen molar-refractivity contribution in [3.63, 3.8) is 0 Å². The minimum absolute atomic E-state index is 0.0189. The number of amides is 1. The van der Waals surface area contributed by atoms with E-state index in [1.807, 2.05) is 0 Å². The average Bonchev–Trinajstić information content (AvgIpc) is 3.71. The predicted molar refractivity (Wildman–Crippen MR) is 137 cm³/mol. The highest BCUT2D eigenvalue weighted by atomic mass is 35.5. The lowest BCUT2D eigenvalue weighted by Gasteiger charge is -2.23. The van der Waals surface area contributed by atoms with Gasteiger partial charge in [0.25, 0.3) is 5.91 Å². The summed E-state index contributed by atoms with van der Waals surface area (Å²) in [5.41, 5.74) is 0.472. The summed E-state index contributed by atoms with van der Waals surface area (Å²) >= 11 is 7.36. The van der Waals surface area contributed by atoms with E-state index in [4.69, 9.17) is 21.1 Å². The molecule has 0 spiro atoms. The zero-order valence-corrected chi connectivity index (χ0v) is 22.9. The van der Waals surface area contributed by atoms with Crippen LogP contribution < -0.4 is 4.74 Å². The second-order valence-electron chi connectivity index (χ2n) is 8.78. The molecular formula is C24H20ClF3N8O4S. The molecule has 5 rings (SSSR count). The van der Waals surface area contributed by atoms with E-state index in [1.165, 1.54) is 40.4 Å². The first-order valence-electron chi connectivity index (χ1n) is 11.9. The minimum Gasteiger partial charge on any atom is -0.491 e. The number of esters is 1. The van der Waals surface area contributed by atoms with E-state index in [0.717, 1.165) is 30.2 Å². The Kier molecular flexibility index (Phi) is 8.12. The summed E-state index contributed by atoms with van der Waals surface area (Å²) in [5.74, 6) is -4.58. The van der Waals surface area contributed by atoms with Gasteiger partial charge in [-0.25, -0.2) is 22.6 Å². The van der Waals surface area contributed by atoms with Crippen LogP contribution in [0, 0.1) is 17.5 Å². The Bertz CT molecular complexity index is 1620. The second kappa shape index (κ2) is 11.7. The molecule has 12 nitrogen and oxygen atoms in total. The molecule has 3 heterocycles. The van der Waals surface area contributed by atoms with Crippen molar-refractivity contribution in [3.05, 3.63) is 70.3 Å². The molecule has 0 aliphatic carbocycles. The molecule has 1 fully saturated rings. The largest absolute Gasteiger partial charge is 0.491 e. The number of carbonyl (C=O) groups excluding carboxylic acids is 2. The summed E-state index contributed by atoms with van der Waals surface area (Å²) in [4.78, 5) is 27.0. The molecule has 2 aromatic carbocycles. The van der Waals surface area contributed by atoms with Crippen molar-refractivity contribution in [2.45, 2.75) is 29.4 Å². The molecule has 0 unspecified atom stereocenters. The Morgan fingerprint density at radius 2 is 1.93 bits per heavy atom. The molecule has 2 atom stereocenters. The van der Waals surface area contributed by atoms with E-state index in [9.17, 15) is 22.8 Å². The number of hydrogen-bond donors (Lipinski definition) is 0. The Morgan fingerprint density at radius 3 is 2.66 bits per heavy atom. The van der Waals surface area contributed by atoms with Gasteiger partial charge in [0.2, 0.25) is 5.16 Å². The molecule has 1 aliphatic heterocycles. The van der Waals surface area contributed by atoms with Crippen molar-refractivity contribution in [3.8, 4) is 11.4 Å². The Labute approximate surface area is 239 Å². The van der Waals surface area contributed by atoms with Crippen molar-refractivity contribution >= 4 is 35.2 Å². The summed E-state index contributed by atoms with van der Waals surface area (Å²) in [5, 5.41) is 20.3. The molecule has 4 aromatic rings. The van der Waals surface area contributed by atoms with Gasteiger partial charge in [0.05, 0.1) is 42.2 Å². The standard InChI is InChI=1S/C24H20ClF3N8O4S/c1-39-21-17(27)5-4-15(20(21)28)22(37)34-10-14(8-19(34)23(38)40-2)35-9-13(29-32-35)11-41-24-30-31-33-36(24)18-6-3-12(26)7-16(18)25/h3-7,9,14,19H,8,10-11H2,1-2H3/t14-,19-/m0/s1. The van der Waals surface area contributed by atoms with E-state index in [1.54, 1.807) is 6.20 Å². The Hall–Kier alpha value is -4.18. The summed E-state index contributed by atoms with van der Waals surface area (Å²) < 4.78 is 54.7. The van der Waals surface area contributed by atoms with E-state index in [2.05, 4.69) is 25.8 Å². The van der Waals surface area contributed by atoms with Crippen molar-refractivity contribution < 1.29 is 32.2 Å². The van der Waals surface area contributed by atoms with Crippen LogP contribution in [0.5, 0.6) is 5.75 Å². The van der Waals surface area contributed by atoms with Gasteiger partial charge >= 0.3 is 5.97 Å². The lowest BCUT2D eigenvalue weighted by molar-refractivity contribution is -0.145. The van der Waals surface area contributed by atoms with Crippen molar-refractivity contribution in [2.75, 3.05) is 20.8 Å². The van der Waals surface area contributed by atoms with Crippen LogP contribution in [0.1, 0.15) is 28.5 Å². The molecule has 0 radical (unpaired) electrons. The number of halogens is 4. The summed E-state index contributed by atoms with van der Waals surface area (Å²) in [6.07, 6.45) is 1.76. The Morgan fingerprint density at radius 1 is 1.12 bits per heavy atom. The molecule has 214 valence electrons. The monoisotopic (exact) mass is 608 g/mol. The normalized spacial score (nSPS) is 16.7. The summed E-state index contributed by atoms with van der Waals surface area (Å²) in [6.45, 7) is -0.0189. The van der Waals surface area contributed by atoms with Crippen LogP contribution in [0.4, 0.5) is 13.2 Å². The third-order valence-corrected chi connectivity index (χ3v) is 7.61. The zero-order chi connectivity index (χ0) is 29.3. The van der Waals surface area contributed by atoms with Crippen molar-refractivity contribution in [1.29, 1.82) is 0 Å². The highest BCUT2D eigenvalue weighted by Crippen LogP contribution is 2.32. The molecule has 0 saturated carbocycles. The van der Waals surface area contributed by atoms with Crippen LogP contribution in [-0.4, -0.2) is 78.8 Å². The van der Waals surface area contributed by atoms with E-state index in [0.29, 0.717) is 16.5 Å². The van der Waals surface area contributed by atoms with Crippen LogP contribution >= 0.6 is 23.4 Å². The van der Waals surface area contributed by atoms with Gasteiger partial charge in [0, 0.05) is 24.9 Å². The van der Waals surface area contributed by atoms with Crippen LogP contribution in [0.3, 0.4) is 0 Å². The molecular weight excluding hydrogens is 589 g/mol. The van der Waals surface area contributed by atoms with E-state index in [-0.39, 0.29) is 23.7 Å². The molecule has 1 aliphatic rings. The highest BCUT2D eigenvalue weighted by molar-refractivity contribution is 7.98. The molecule has 2 aromatic heterocycles. The first kappa shape index (κ1) is 28.4. The first-order chi connectivity index (χ1) is 19.7. The maximum absolute atomic E-state index is 14.9. The van der Waals surface area contributed by atoms with Gasteiger partial charge in [-0.15, -0.1) is 10.2 Å². The van der Waals surface area contributed by atoms with Crippen molar-refractivity contribution in [2.24, 2.45) is 0 Å². The smallest absolute Gasteiger partial charge is 0.328 e. The lowest BCUT2D eigenvalue weighted by Crippen LogP contribution is -2.41. The van der Waals surface area contributed by atoms with Gasteiger partial charge in [-0.1, -0.05) is 28.6 Å². The quantitative estimate of drug-likeness (QED) is 0.217. The fourth-order valence-corrected chi connectivity index (χ4v) is 5.41. The number of thioether (sulfide) groups is 1. The number of benzene rings is 2. The van der Waals surface area contributed by atoms with Crippen LogP contribution in [0.15, 0.2) is 41.7 Å². The van der Waals surface area contributed by atoms with Crippen molar-refractivity contribution in [1.82, 2.24) is 40.1 Å². The van der Waals surface area contributed by atoms with Gasteiger partial charge in [0.15, 0.2) is 17.4 Å². The number of nitrogens with zero attached hydrogens (tertiary/aromatic N) is 8. The third-order valence-electron chi connectivity index (χ3n) is 6.36. The second-order valence-corrected chi connectivity index (χ2v) is 10.1. The number of likely N-dealkylation sites (tertiary alicyclic amines) is 1. The number of rotatable bonds is 8. The number of carbonyl (C=O) groups is 2. The van der Waals surface area contributed by atoms with Crippen LogP contribution in [0.25, 0.3) is 5.69 Å². The molecule has 1 saturated heterocycles. The van der Waals surface area contributed by atoms with E-state index >= 15 is 0 Å². The zero-order valence-electron chi connectivity index (χ0n) is 21.4. The number of ether oxygens (including phenoxy) is 2. The number of aromatic nitrogens is 7. The summed E-state index contributed by atoms with van der Waals surface area (Å²) in [7, 11) is 2.26. The maximum atomic E-state index is 14.9. The average molecular weight is 609 g/mol. The lowest BCUT2D eigenvalue weighted by atomic mass is 10.1. The fraction of sp³-hybridized carbons (Fsp3) is 0.292. The molecule has 41 heavy (non-hydrogen) atoms. The van der Waals surface area contributed by atoms with Gasteiger partial charge < -0.3 is 14.4 Å². The number of tetrazole rings is 1. The van der Waals surface area contributed by atoms with Crippen LogP contribution in [0.2, 0.25) is 5.02 Å². The first-order valence-corrected chi connectivity index (χ1v) is 13.3. The number of methoxy groups -OCH3 is 2. The predicted octanol–water partition coefficient (Wildman–Crippen LogP) is 3.25. The Balaban J connectivity index is 1.32. The van der Waals surface area contributed by atoms with Gasteiger partial charge in [-0.2, -0.15) is 4.68 Å². The third kappa shape index (κ3) is 5.56. The van der Waals surface area contributed by atoms with Gasteiger partial charge in [-0.3, -0.25) is 4.79 Å². The van der Waals surface area contributed by atoms with Crippen LogP contribution in [-0.2, 0) is 15.3 Å². The topological polar surface area (TPSA) is 130 Å². The highest BCUT2D eigenvalue weighted by Gasteiger charge is 2.42. The van der Waals surface area contributed by atoms with Gasteiger partial charge in [0.1, 0.15) is 11.9 Å². The number of hydrogen-bond acceptors (Lipinski definition) is 10. The van der Waals surface area contributed by atoms with Gasteiger partial charge in [-0.05, 0) is 40.8 Å². The SMILES string of the molecule is COC(=O)[C@@H]1C[C@H](n2cc(CSc3nnnn3-c3ccc(F)cc3Cl)nn2)CN1C(=O)c1ccc(F)c(OC)c1F. The fourth-order valence-electron chi connectivity index (χ4n) is 4.40. The maximum Gasteiger partial charge on any atom is 0.328 e. The molecule has 0 N–H and O–H groups in total. The summed E-state index contributed by atoms with van der Waals surface area (Å²) in [6, 6.07) is 4.21. The minimum atomic E-state index is -1.17. The molecule has 0 bridgehead atoms. The molecule has 1 amide bonds. The van der Waals surface area contributed by atoms with E-state index < -0.39 is 52.7 Å².